The number of likely N-dealkylation sites (N-methyl/N-ethyl adjacent to an activating group) is 1. The van der Waals surface area contributed by atoms with Gasteiger partial charge in [0, 0.05) is 81.9 Å². The number of hydrogen-bond acceptors (Lipinski definition) is 5. The van der Waals surface area contributed by atoms with Gasteiger partial charge in [0.05, 0.1) is 0 Å². The fourth-order valence-electron chi connectivity index (χ4n) is 3.03. The Morgan fingerprint density at radius 1 is 0.517 bits per heavy atom. The van der Waals surface area contributed by atoms with E-state index in [0.29, 0.717) is 0 Å². The Hall–Kier alpha value is -4.78. The maximum absolute atomic E-state index is 10.9. The molecule has 338 valence electrons. The zero-order chi connectivity index (χ0) is 44.8. The third-order valence-corrected chi connectivity index (χ3v) is 5.62. The lowest BCUT2D eigenvalue weighted by atomic mass is 10.2. The second kappa shape index (κ2) is 61.4. The second-order valence-corrected chi connectivity index (χ2v) is 9.62. The molecule has 0 radical (unpaired) electrons. The van der Waals surface area contributed by atoms with E-state index in [-0.39, 0.29) is 33.4 Å². The molecule has 0 fully saturated rings. The highest BCUT2D eigenvalue weighted by Crippen LogP contribution is 2.11. The van der Waals surface area contributed by atoms with Crippen LogP contribution in [-0.4, -0.2) is 31.0 Å². The van der Waals surface area contributed by atoms with Crippen LogP contribution in [0.25, 0.3) is 0 Å². The molecule has 0 saturated carbocycles. The van der Waals surface area contributed by atoms with Crippen molar-refractivity contribution in [1.82, 2.24) is 24.0 Å². The van der Waals surface area contributed by atoms with Crippen molar-refractivity contribution in [3.63, 3.8) is 0 Å². The van der Waals surface area contributed by atoms with Crippen molar-refractivity contribution in [1.29, 1.82) is 0 Å². The van der Waals surface area contributed by atoms with E-state index in [9.17, 15) is 9.59 Å². The number of hydrogen-bond donors (Lipinski definition) is 0. The van der Waals surface area contributed by atoms with Gasteiger partial charge in [-0.15, -0.1) is 0 Å². The summed E-state index contributed by atoms with van der Waals surface area (Å²) in [6, 6.07) is 15.1. The van der Waals surface area contributed by atoms with Crippen LogP contribution in [0.15, 0.2) is 132 Å². The molecule has 7 nitrogen and oxygen atoms in total. The summed E-state index contributed by atoms with van der Waals surface area (Å²) in [7, 11) is 5.48. The number of aromatic nitrogens is 4. The van der Waals surface area contributed by atoms with Gasteiger partial charge >= 0.3 is 0 Å². The highest BCUT2D eigenvalue weighted by molar-refractivity contribution is 5.30. The average molecular weight is 812 g/mol. The second-order valence-electron chi connectivity index (χ2n) is 9.62. The lowest BCUT2D eigenvalue weighted by Gasteiger charge is -2.18. The summed E-state index contributed by atoms with van der Waals surface area (Å²) >= 11 is 0. The molecule has 0 bridgehead atoms. The van der Waals surface area contributed by atoms with E-state index in [4.69, 9.17) is 0 Å². The molecular formula is C51H97N5O2. The van der Waals surface area contributed by atoms with Gasteiger partial charge in [0.2, 0.25) is 0 Å². The first-order valence-electron chi connectivity index (χ1n) is 20.2. The summed E-state index contributed by atoms with van der Waals surface area (Å²) in [6.07, 6.45) is 16.8. The molecule has 0 amide bonds. The quantitative estimate of drug-likeness (QED) is 0.177. The predicted molar refractivity (Wildman–Crippen MR) is 270 cm³/mol. The third kappa shape index (κ3) is 49.2. The Morgan fingerprint density at radius 2 is 1.00 bits per heavy atom. The van der Waals surface area contributed by atoms with Crippen molar-refractivity contribution in [2.45, 2.75) is 154 Å². The van der Waals surface area contributed by atoms with Crippen LogP contribution in [0.1, 0.15) is 148 Å². The van der Waals surface area contributed by atoms with E-state index in [1.807, 2.05) is 191 Å². The van der Waals surface area contributed by atoms with E-state index in [1.165, 1.54) is 16.7 Å². The van der Waals surface area contributed by atoms with E-state index in [0.717, 1.165) is 16.8 Å². The molecule has 1 aliphatic rings. The van der Waals surface area contributed by atoms with Crippen LogP contribution < -0.4 is 11.1 Å². The maximum Gasteiger partial charge on any atom is 0.253 e. The van der Waals surface area contributed by atoms with E-state index in [2.05, 4.69) is 35.7 Å². The zero-order valence-electron chi connectivity index (χ0n) is 39.6. The van der Waals surface area contributed by atoms with Gasteiger partial charge in [-0.25, -0.2) is 0 Å². The van der Waals surface area contributed by atoms with Gasteiger partial charge in [-0.3, -0.25) is 19.6 Å². The number of allylic oxidation sites excluding steroid dienone is 3. The largest absolute Gasteiger partial charge is 0.351 e. The van der Waals surface area contributed by atoms with Crippen LogP contribution >= 0.6 is 0 Å². The average Bonchev–Trinajstić information content (AvgIpc) is 3.24. The van der Waals surface area contributed by atoms with Gasteiger partial charge in [0.25, 0.3) is 11.1 Å². The van der Waals surface area contributed by atoms with Crippen LogP contribution in [0.2, 0.25) is 0 Å². The van der Waals surface area contributed by atoms with Gasteiger partial charge in [0.15, 0.2) is 0 Å². The SMILES string of the molecule is C.C.C.C=C1C=CC(C)=CN1C.CC.CC.CC.CC.CC.CC.CC.Cc1cccn(C)c1=O.Cc1cccnc1.Cc1ccn(C)c(=O)c1.Cc1ccncc1. The van der Waals surface area contributed by atoms with Crippen LogP contribution in [0, 0.1) is 27.7 Å². The standard InChI is InChI=1S/C8H11N.2C7H9NO.2C6H7N.7C2H6.3CH4/c1-7-4-5-8(2)9(3)6-7;1-6-3-4-8(2)7(9)5-6;1-6-4-3-5-8(2)7(6)9;1-6-2-4-7-5-3-6;1-6-3-2-4-7-5-6;7*1-2;;;/h4-6H,2H2,1,3H3;2*3-5H,1-2H3;2*2-5H,1H3;7*1-2H3;3*1H4. The van der Waals surface area contributed by atoms with Crippen molar-refractivity contribution in [2.75, 3.05) is 7.05 Å². The molecule has 4 aromatic heterocycles. The van der Waals surface area contributed by atoms with E-state index >= 15 is 0 Å². The van der Waals surface area contributed by atoms with Crippen molar-refractivity contribution >= 4 is 0 Å². The lowest BCUT2D eigenvalue weighted by molar-refractivity contribution is 0.581. The first-order valence-corrected chi connectivity index (χ1v) is 20.2. The Kier molecular flexibility index (Phi) is 82.3. The van der Waals surface area contributed by atoms with Crippen LogP contribution in [-0.2, 0) is 14.1 Å². The Labute approximate surface area is 362 Å². The fraction of sp³-hybridized carbons (Fsp3) is 0.490. The molecular weight excluding hydrogens is 715 g/mol. The highest BCUT2D eigenvalue weighted by atomic mass is 16.1. The molecule has 4 aromatic rings. The molecule has 0 spiro atoms. The van der Waals surface area contributed by atoms with Gasteiger partial charge < -0.3 is 14.0 Å². The Balaban J connectivity index is -0.0000000570. The fourth-order valence-corrected chi connectivity index (χ4v) is 3.03. The monoisotopic (exact) mass is 812 g/mol. The zero-order valence-corrected chi connectivity index (χ0v) is 39.6. The highest BCUT2D eigenvalue weighted by Gasteiger charge is 1.98. The van der Waals surface area contributed by atoms with Crippen molar-refractivity contribution in [3.8, 4) is 0 Å². The minimum absolute atomic E-state index is 0. The summed E-state index contributed by atoms with van der Waals surface area (Å²) in [6.45, 7) is 41.7. The molecule has 0 N–H and O–H groups in total. The van der Waals surface area contributed by atoms with Crippen LogP contribution in [0.3, 0.4) is 0 Å². The topological polar surface area (TPSA) is 73.0 Å². The molecule has 0 aliphatic carbocycles. The minimum Gasteiger partial charge on any atom is -0.351 e. The van der Waals surface area contributed by atoms with Crippen LogP contribution in [0.4, 0.5) is 0 Å². The van der Waals surface area contributed by atoms with Crippen LogP contribution in [0.5, 0.6) is 0 Å². The number of nitrogens with zero attached hydrogens (tertiary/aromatic N) is 5. The molecule has 0 aromatic carbocycles. The summed E-state index contributed by atoms with van der Waals surface area (Å²) in [5.41, 5.74) is 6.72. The molecule has 0 atom stereocenters. The summed E-state index contributed by atoms with van der Waals surface area (Å²) < 4.78 is 3.11. The van der Waals surface area contributed by atoms with Crippen molar-refractivity contribution in [3.05, 3.63) is 165 Å². The minimum atomic E-state index is 0. The van der Waals surface area contributed by atoms with Gasteiger partial charge in [-0.05, 0) is 93.3 Å². The summed E-state index contributed by atoms with van der Waals surface area (Å²) in [4.78, 5) is 31.5. The van der Waals surface area contributed by atoms with Crippen molar-refractivity contribution in [2.24, 2.45) is 14.1 Å². The molecule has 0 saturated heterocycles. The molecule has 7 heteroatoms. The number of aryl methyl sites for hydroxylation is 6. The van der Waals surface area contributed by atoms with Gasteiger partial charge in [0.1, 0.15) is 0 Å². The molecule has 1 aliphatic heterocycles. The smallest absolute Gasteiger partial charge is 0.253 e. The Morgan fingerprint density at radius 3 is 1.28 bits per heavy atom. The summed E-state index contributed by atoms with van der Waals surface area (Å²) in [5, 5.41) is 0. The van der Waals surface area contributed by atoms with E-state index in [1.54, 1.807) is 60.3 Å². The normalized spacial score (nSPS) is 8.62. The first-order chi connectivity index (χ1) is 26.4. The first kappa shape index (κ1) is 77.7. The Bertz CT molecular complexity index is 1460. The maximum atomic E-state index is 10.9. The molecule has 5 heterocycles. The predicted octanol–water partition coefficient (Wildman–Crippen LogP) is 15.2. The van der Waals surface area contributed by atoms with E-state index < -0.39 is 0 Å². The third-order valence-electron chi connectivity index (χ3n) is 5.62. The van der Waals surface area contributed by atoms with Crippen molar-refractivity contribution < 1.29 is 0 Å². The number of rotatable bonds is 0. The molecule has 5 rings (SSSR count). The van der Waals surface area contributed by atoms with Gasteiger partial charge in [-0.2, -0.15) is 0 Å². The summed E-state index contributed by atoms with van der Waals surface area (Å²) in [5.74, 6) is 0. The molecule has 58 heavy (non-hydrogen) atoms. The van der Waals surface area contributed by atoms with Gasteiger partial charge in [-0.1, -0.05) is 144 Å². The lowest BCUT2D eigenvalue weighted by Crippen LogP contribution is -2.17. The molecule has 0 unspecified atom stereocenters. The number of pyridine rings is 4.